The first kappa shape index (κ1) is 21.0. The molecule has 0 saturated carbocycles. The number of thiocarbonyl (C=S) groups is 1. The molecule has 1 saturated heterocycles. The monoisotopic (exact) mass is 455 g/mol. The van der Waals surface area contributed by atoms with E-state index in [1.807, 2.05) is 0 Å². The third-order valence-electron chi connectivity index (χ3n) is 4.94. The Labute approximate surface area is 178 Å². The van der Waals surface area contributed by atoms with E-state index in [0.717, 1.165) is 10.3 Å². The Morgan fingerprint density at radius 1 is 0.903 bits per heavy atom. The summed E-state index contributed by atoms with van der Waals surface area (Å²) in [5.74, 6) is -10.5. The van der Waals surface area contributed by atoms with Gasteiger partial charge >= 0.3 is 0 Å². The molecule has 0 bridgehead atoms. The summed E-state index contributed by atoms with van der Waals surface area (Å²) in [5.41, 5.74) is -0.441. The van der Waals surface area contributed by atoms with Gasteiger partial charge in [0.2, 0.25) is 5.82 Å². The molecule has 4 rings (SSSR count). The molecule has 1 N–H and O–H groups in total. The Bertz CT molecular complexity index is 1130. The van der Waals surface area contributed by atoms with E-state index in [-0.39, 0.29) is 37.1 Å². The molecule has 0 atom stereocenters. The maximum absolute atomic E-state index is 14.0. The lowest BCUT2D eigenvalue weighted by molar-refractivity contribution is 0.0948. The Balaban J connectivity index is 1.42. The molecule has 1 aliphatic rings. The number of furan rings is 1. The van der Waals surface area contributed by atoms with Crippen molar-refractivity contribution >= 4 is 39.9 Å². The minimum absolute atomic E-state index is 0.0579. The zero-order valence-electron chi connectivity index (χ0n) is 15.7. The highest BCUT2D eigenvalue weighted by Crippen LogP contribution is 2.30. The van der Waals surface area contributed by atoms with Gasteiger partial charge in [-0.1, -0.05) is 18.2 Å². The van der Waals surface area contributed by atoms with E-state index in [1.165, 1.54) is 0 Å². The number of halogens is 5. The molecule has 1 amide bonds. The van der Waals surface area contributed by atoms with Crippen molar-refractivity contribution in [3.63, 3.8) is 0 Å². The third-order valence-corrected chi connectivity index (χ3v) is 5.30. The molecule has 1 aromatic heterocycles. The van der Waals surface area contributed by atoms with Crippen LogP contribution in [0.5, 0.6) is 0 Å². The summed E-state index contributed by atoms with van der Waals surface area (Å²) in [6.07, 6.45) is 0. The summed E-state index contributed by atoms with van der Waals surface area (Å²) in [4.78, 5) is 15.0. The number of para-hydroxylation sites is 1. The number of piperazine rings is 1. The molecule has 2 aromatic carbocycles. The zero-order chi connectivity index (χ0) is 22.3. The molecule has 162 valence electrons. The van der Waals surface area contributed by atoms with Gasteiger partial charge in [-0.25, -0.2) is 22.0 Å². The lowest BCUT2D eigenvalue weighted by Gasteiger charge is -2.37. The smallest absolute Gasteiger partial charge is 0.293 e. The summed E-state index contributed by atoms with van der Waals surface area (Å²) < 4.78 is 73.7. The molecule has 11 heteroatoms. The Morgan fingerprint density at radius 2 is 1.48 bits per heavy atom. The van der Waals surface area contributed by atoms with E-state index < -0.39 is 40.7 Å². The molecule has 0 radical (unpaired) electrons. The predicted octanol–water partition coefficient (Wildman–Crippen LogP) is 3.97. The van der Waals surface area contributed by atoms with Crippen LogP contribution in [0.1, 0.15) is 10.6 Å². The molecular weight excluding hydrogens is 441 g/mol. The van der Waals surface area contributed by atoms with E-state index in [0.29, 0.717) is 5.58 Å². The second-order valence-corrected chi connectivity index (χ2v) is 7.19. The van der Waals surface area contributed by atoms with Crippen molar-refractivity contribution in [2.24, 2.45) is 0 Å². The minimum Gasteiger partial charge on any atom is -0.451 e. The summed E-state index contributed by atoms with van der Waals surface area (Å²) >= 11 is 5.21. The predicted molar refractivity (Wildman–Crippen MR) is 106 cm³/mol. The number of nitrogens with zero attached hydrogens (tertiary/aromatic N) is 2. The molecule has 0 aliphatic carbocycles. The number of carbonyl (C=O) groups is 1. The van der Waals surface area contributed by atoms with Crippen LogP contribution in [0.2, 0.25) is 0 Å². The maximum Gasteiger partial charge on any atom is 0.293 e. The van der Waals surface area contributed by atoms with Crippen LogP contribution in [-0.2, 0) is 0 Å². The number of benzene rings is 2. The molecule has 1 fully saturated rings. The largest absolute Gasteiger partial charge is 0.451 e. The van der Waals surface area contributed by atoms with Gasteiger partial charge in [-0.15, -0.1) is 0 Å². The van der Waals surface area contributed by atoms with E-state index in [4.69, 9.17) is 16.6 Å². The fourth-order valence-electron chi connectivity index (χ4n) is 3.34. The lowest BCUT2D eigenvalue weighted by atomic mass is 10.2. The molecule has 0 spiro atoms. The van der Waals surface area contributed by atoms with Gasteiger partial charge in [0.1, 0.15) is 11.3 Å². The Hall–Kier alpha value is -3.21. The van der Waals surface area contributed by atoms with Crippen LogP contribution in [0.15, 0.2) is 34.7 Å². The van der Waals surface area contributed by atoms with Crippen molar-refractivity contribution < 1.29 is 31.2 Å². The van der Waals surface area contributed by atoms with E-state index in [1.54, 1.807) is 35.2 Å². The van der Waals surface area contributed by atoms with Gasteiger partial charge < -0.3 is 14.2 Å². The molecular formula is C20H14F5N3O2S. The quantitative estimate of drug-likeness (QED) is 0.274. The highest BCUT2D eigenvalue weighted by Gasteiger charge is 2.31. The van der Waals surface area contributed by atoms with Crippen LogP contribution in [0.25, 0.3) is 11.0 Å². The third kappa shape index (κ3) is 3.80. The van der Waals surface area contributed by atoms with E-state index in [2.05, 4.69) is 5.32 Å². The van der Waals surface area contributed by atoms with Gasteiger partial charge in [-0.2, -0.15) is 0 Å². The SMILES string of the molecule is O=C(NC(=S)N1CCN(c2c(F)c(F)c(F)c(F)c2F)CC1)c1cc2ccccc2o1. The zero-order valence-corrected chi connectivity index (χ0v) is 16.5. The topological polar surface area (TPSA) is 48.7 Å². The van der Waals surface area contributed by atoms with Crippen molar-refractivity contribution in [2.75, 3.05) is 31.1 Å². The summed E-state index contributed by atoms with van der Waals surface area (Å²) in [6, 6.07) is 8.63. The second kappa shape index (κ2) is 8.14. The number of carbonyl (C=O) groups excluding carboxylic acids is 1. The number of fused-ring (bicyclic) bond motifs is 1. The highest BCUT2D eigenvalue weighted by molar-refractivity contribution is 7.80. The Kier molecular flexibility index (Phi) is 5.52. The van der Waals surface area contributed by atoms with Gasteiger partial charge in [0.15, 0.2) is 34.1 Å². The van der Waals surface area contributed by atoms with Crippen LogP contribution >= 0.6 is 12.2 Å². The first-order valence-corrected chi connectivity index (χ1v) is 9.54. The normalized spacial score (nSPS) is 14.2. The standard InChI is InChI=1S/C20H14F5N3O2S/c21-13-14(22)16(24)18(17(25)15(13)23)27-5-7-28(8-6-27)20(31)26-19(29)12-9-10-3-1-2-4-11(10)30-12/h1-4,9H,5-8H2,(H,26,29,31). The molecule has 31 heavy (non-hydrogen) atoms. The highest BCUT2D eigenvalue weighted by atomic mass is 32.1. The van der Waals surface area contributed by atoms with E-state index in [9.17, 15) is 26.7 Å². The maximum atomic E-state index is 14.0. The summed E-state index contributed by atoms with van der Waals surface area (Å²) in [6.45, 7) is 0.0511. The molecule has 3 aromatic rings. The average Bonchev–Trinajstić information content (AvgIpc) is 3.21. The summed E-state index contributed by atoms with van der Waals surface area (Å²) in [7, 11) is 0. The van der Waals surface area contributed by atoms with Gasteiger partial charge in [0.25, 0.3) is 5.91 Å². The molecule has 5 nitrogen and oxygen atoms in total. The van der Waals surface area contributed by atoms with Gasteiger partial charge in [-0.3, -0.25) is 10.1 Å². The fraction of sp³-hybridized carbons (Fsp3) is 0.200. The van der Waals surface area contributed by atoms with Crippen LogP contribution in [0, 0.1) is 29.1 Å². The van der Waals surface area contributed by atoms with Crippen molar-refractivity contribution in [1.82, 2.24) is 10.2 Å². The van der Waals surface area contributed by atoms with Crippen LogP contribution in [0.3, 0.4) is 0 Å². The fourth-order valence-corrected chi connectivity index (χ4v) is 3.61. The van der Waals surface area contributed by atoms with Gasteiger partial charge in [0, 0.05) is 31.6 Å². The van der Waals surface area contributed by atoms with Crippen molar-refractivity contribution in [1.29, 1.82) is 0 Å². The molecule has 0 unspecified atom stereocenters. The van der Waals surface area contributed by atoms with Crippen LogP contribution in [-0.4, -0.2) is 42.1 Å². The van der Waals surface area contributed by atoms with Gasteiger partial charge in [-0.05, 0) is 24.4 Å². The second-order valence-electron chi connectivity index (χ2n) is 6.80. The van der Waals surface area contributed by atoms with Crippen molar-refractivity contribution in [3.8, 4) is 0 Å². The Morgan fingerprint density at radius 3 is 2.10 bits per heavy atom. The van der Waals surface area contributed by atoms with Gasteiger partial charge in [0.05, 0.1) is 0 Å². The number of hydrogen-bond donors (Lipinski definition) is 1. The molecule has 2 heterocycles. The number of hydrogen-bond acceptors (Lipinski definition) is 4. The number of anilines is 1. The van der Waals surface area contributed by atoms with E-state index >= 15 is 0 Å². The number of amides is 1. The number of rotatable bonds is 2. The van der Waals surface area contributed by atoms with Crippen molar-refractivity contribution in [2.45, 2.75) is 0 Å². The van der Waals surface area contributed by atoms with Crippen LogP contribution in [0.4, 0.5) is 27.6 Å². The lowest BCUT2D eigenvalue weighted by Crippen LogP contribution is -2.53. The number of nitrogens with one attached hydrogen (secondary N) is 1. The average molecular weight is 455 g/mol. The summed E-state index contributed by atoms with van der Waals surface area (Å²) in [5, 5.41) is 3.32. The van der Waals surface area contributed by atoms with Crippen LogP contribution < -0.4 is 10.2 Å². The molecule has 1 aliphatic heterocycles. The minimum atomic E-state index is -2.20. The first-order valence-electron chi connectivity index (χ1n) is 9.13. The first-order chi connectivity index (χ1) is 14.8. The van der Waals surface area contributed by atoms with Crippen molar-refractivity contribution in [3.05, 3.63) is 65.2 Å².